The summed E-state index contributed by atoms with van der Waals surface area (Å²) in [5.41, 5.74) is 1.18. The minimum absolute atomic E-state index is 0.0256. The second kappa shape index (κ2) is 7.31. The van der Waals surface area contributed by atoms with Crippen LogP contribution in [0.5, 0.6) is 5.75 Å². The van der Waals surface area contributed by atoms with Gasteiger partial charge in [0, 0.05) is 15.1 Å². The van der Waals surface area contributed by atoms with Gasteiger partial charge in [0.2, 0.25) is 0 Å². The fraction of sp³-hybridized carbons (Fsp3) is 0. The number of aromatic hydroxyl groups is 1. The molecule has 0 bridgehead atoms. The number of nitrogens with one attached hydrogen (secondary N) is 1. The van der Waals surface area contributed by atoms with E-state index in [1.165, 1.54) is 11.8 Å². The van der Waals surface area contributed by atoms with Gasteiger partial charge in [-0.2, -0.15) is 0 Å². The lowest BCUT2D eigenvalue weighted by Gasteiger charge is -2.03. The summed E-state index contributed by atoms with van der Waals surface area (Å²) in [7, 11) is 0. The lowest BCUT2D eigenvalue weighted by atomic mass is 10.2. The Labute approximate surface area is 164 Å². The summed E-state index contributed by atoms with van der Waals surface area (Å²) in [4.78, 5) is 16.9. The summed E-state index contributed by atoms with van der Waals surface area (Å²) in [6, 6.07) is 10.6. The molecule has 122 valence electrons. The summed E-state index contributed by atoms with van der Waals surface area (Å²) in [6.07, 6.45) is 1.58. The first-order chi connectivity index (χ1) is 11.4. The van der Waals surface area contributed by atoms with E-state index in [0.29, 0.717) is 25.1 Å². The van der Waals surface area contributed by atoms with Gasteiger partial charge in [0.25, 0.3) is 5.91 Å². The van der Waals surface area contributed by atoms with Crippen molar-refractivity contribution in [3.05, 3.63) is 60.8 Å². The van der Waals surface area contributed by atoms with E-state index >= 15 is 0 Å². The number of phenols is 1. The van der Waals surface area contributed by atoms with Crippen LogP contribution in [0, 0.1) is 0 Å². The van der Waals surface area contributed by atoms with Crippen LogP contribution in [-0.2, 0) is 4.79 Å². The highest BCUT2D eigenvalue weighted by atomic mass is 79.9. The maximum atomic E-state index is 12.1. The molecule has 0 unspecified atom stereocenters. The number of carbonyl (C=O) groups excluding carboxylic acids is 1. The van der Waals surface area contributed by atoms with Gasteiger partial charge < -0.3 is 10.4 Å². The van der Waals surface area contributed by atoms with Crippen LogP contribution in [0.25, 0.3) is 6.08 Å². The van der Waals surface area contributed by atoms with Crippen molar-refractivity contribution in [2.75, 3.05) is 0 Å². The van der Waals surface area contributed by atoms with Crippen molar-refractivity contribution in [2.45, 2.75) is 0 Å². The number of rotatable bonds is 2. The third-order valence-corrected chi connectivity index (χ3v) is 5.26. The van der Waals surface area contributed by atoms with E-state index in [-0.39, 0.29) is 11.7 Å². The van der Waals surface area contributed by atoms with Gasteiger partial charge in [-0.1, -0.05) is 33.6 Å². The number of carbonyl (C=O) groups is 1. The predicted molar refractivity (Wildman–Crippen MR) is 106 cm³/mol. The molecule has 1 fully saturated rings. The van der Waals surface area contributed by atoms with E-state index in [4.69, 9.17) is 11.6 Å². The first-order valence-corrected chi connectivity index (χ1v) is 9.43. The van der Waals surface area contributed by atoms with Crippen molar-refractivity contribution in [3.63, 3.8) is 0 Å². The van der Waals surface area contributed by atoms with E-state index in [0.717, 1.165) is 10.2 Å². The third-order valence-electron chi connectivity index (χ3n) is 3.03. The molecule has 1 aliphatic heterocycles. The SMILES string of the molecule is O=C1NC(=Nc2cccc(Br)c2)S/C1=C\c1cc(Cl)cc(Br)c1O. The maximum absolute atomic E-state index is 12.1. The van der Waals surface area contributed by atoms with Crippen molar-refractivity contribution in [1.29, 1.82) is 0 Å². The Kier molecular flexibility index (Phi) is 5.34. The lowest BCUT2D eigenvalue weighted by Crippen LogP contribution is -2.19. The number of benzene rings is 2. The molecule has 0 saturated carbocycles. The van der Waals surface area contributed by atoms with Crippen LogP contribution < -0.4 is 5.32 Å². The van der Waals surface area contributed by atoms with Crippen LogP contribution in [-0.4, -0.2) is 16.2 Å². The minimum Gasteiger partial charge on any atom is -0.506 e. The number of phenolic OH excluding ortho intramolecular Hbond substituents is 1. The van der Waals surface area contributed by atoms with E-state index in [9.17, 15) is 9.90 Å². The quantitative estimate of drug-likeness (QED) is 0.552. The summed E-state index contributed by atoms with van der Waals surface area (Å²) in [6.45, 7) is 0. The van der Waals surface area contributed by atoms with Crippen molar-refractivity contribution >= 4 is 78.1 Å². The molecule has 1 aliphatic rings. The van der Waals surface area contributed by atoms with E-state index in [1.807, 2.05) is 24.3 Å². The Morgan fingerprint density at radius 3 is 2.79 bits per heavy atom. The monoisotopic (exact) mass is 486 g/mol. The number of halogens is 3. The molecule has 1 heterocycles. The first kappa shape index (κ1) is 17.5. The van der Waals surface area contributed by atoms with Crippen LogP contribution in [0.15, 0.2) is 55.2 Å². The average molecular weight is 489 g/mol. The van der Waals surface area contributed by atoms with Crippen LogP contribution >= 0.6 is 55.2 Å². The summed E-state index contributed by atoms with van der Waals surface area (Å²) >= 11 is 13.8. The van der Waals surface area contributed by atoms with Gasteiger partial charge in [-0.3, -0.25) is 4.79 Å². The molecule has 0 aromatic heterocycles. The van der Waals surface area contributed by atoms with Crippen LogP contribution in [0.3, 0.4) is 0 Å². The Hall–Kier alpha value is -1.28. The zero-order valence-corrected chi connectivity index (χ0v) is 16.6. The highest BCUT2D eigenvalue weighted by molar-refractivity contribution is 9.10. The largest absolute Gasteiger partial charge is 0.506 e. The summed E-state index contributed by atoms with van der Waals surface area (Å²) < 4.78 is 1.37. The van der Waals surface area contributed by atoms with Crippen LogP contribution in [0.2, 0.25) is 5.02 Å². The lowest BCUT2D eigenvalue weighted by molar-refractivity contribution is -0.115. The molecule has 0 atom stereocenters. The van der Waals surface area contributed by atoms with Crippen molar-refractivity contribution in [3.8, 4) is 5.75 Å². The van der Waals surface area contributed by atoms with Gasteiger partial charge in [-0.15, -0.1) is 0 Å². The smallest absolute Gasteiger partial charge is 0.264 e. The number of hydrogen-bond acceptors (Lipinski definition) is 4. The second-order valence-corrected chi connectivity index (χ2v) is 8.02. The Morgan fingerprint density at radius 2 is 2.04 bits per heavy atom. The number of thioether (sulfide) groups is 1. The molecule has 3 rings (SSSR count). The van der Waals surface area contributed by atoms with Crippen LogP contribution in [0.4, 0.5) is 5.69 Å². The number of aliphatic imine (C=N–C) groups is 1. The van der Waals surface area contributed by atoms with Gasteiger partial charge in [0.05, 0.1) is 15.1 Å². The van der Waals surface area contributed by atoms with E-state index < -0.39 is 0 Å². The van der Waals surface area contributed by atoms with E-state index in [2.05, 4.69) is 42.2 Å². The zero-order valence-electron chi connectivity index (χ0n) is 11.9. The molecule has 0 spiro atoms. The van der Waals surface area contributed by atoms with Crippen molar-refractivity contribution < 1.29 is 9.90 Å². The number of amides is 1. The van der Waals surface area contributed by atoms with Gasteiger partial charge >= 0.3 is 0 Å². The predicted octanol–water partition coefficient (Wildman–Crippen LogP) is 5.46. The molecular weight excluding hydrogens is 480 g/mol. The Bertz CT molecular complexity index is 900. The standard InChI is InChI=1S/C16H9Br2ClN2O2S/c17-9-2-1-3-11(6-9)20-16-21-15(23)13(24-16)5-8-4-10(19)7-12(18)14(8)22/h1-7,22H,(H,20,21,23)/b13-5-. The second-order valence-electron chi connectivity index (χ2n) is 4.79. The first-order valence-electron chi connectivity index (χ1n) is 6.65. The highest BCUT2D eigenvalue weighted by Crippen LogP contribution is 2.35. The van der Waals surface area contributed by atoms with Gasteiger partial charge in [-0.05, 0) is 64.1 Å². The molecule has 2 aromatic carbocycles. The highest BCUT2D eigenvalue weighted by Gasteiger charge is 2.24. The molecule has 0 aliphatic carbocycles. The number of nitrogens with zero attached hydrogens (tertiary/aromatic N) is 1. The summed E-state index contributed by atoms with van der Waals surface area (Å²) in [5, 5.41) is 13.7. The Morgan fingerprint density at radius 1 is 1.25 bits per heavy atom. The van der Waals surface area contributed by atoms with Crippen molar-refractivity contribution in [1.82, 2.24) is 5.32 Å². The minimum atomic E-state index is -0.274. The molecule has 0 radical (unpaired) electrons. The van der Waals surface area contributed by atoms with Gasteiger partial charge in [0.15, 0.2) is 5.17 Å². The number of hydrogen-bond donors (Lipinski definition) is 2. The maximum Gasteiger partial charge on any atom is 0.264 e. The molecule has 1 amide bonds. The topological polar surface area (TPSA) is 61.7 Å². The fourth-order valence-electron chi connectivity index (χ4n) is 1.98. The molecule has 8 heteroatoms. The number of amidine groups is 1. The molecule has 2 aromatic rings. The normalized spacial score (nSPS) is 17.5. The van der Waals surface area contributed by atoms with Crippen LogP contribution in [0.1, 0.15) is 5.56 Å². The fourth-order valence-corrected chi connectivity index (χ4v) is 4.03. The Balaban J connectivity index is 1.90. The van der Waals surface area contributed by atoms with E-state index in [1.54, 1.807) is 18.2 Å². The molecule has 4 nitrogen and oxygen atoms in total. The van der Waals surface area contributed by atoms with Crippen molar-refractivity contribution in [2.24, 2.45) is 4.99 Å². The molecule has 1 saturated heterocycles. The third kappa shape index (κ3) is 4.03. The molecule has 24 heavy (non-hydrogen) atoms. The molecular formula is C16H9Br2ClN2O2S. The van der Waals surface area contributed by atoms with Gasteiger partial charge in [-0.25, -0.2) is 4.99 Å². The zero-order chi connectivity index (χ0) is 17.3. The molecule has 2 N–H and O–H groups in total. The average Bonchev–Trinajstić information content (AvgIpc) is 2.84. The summed E-state index contributed by atoms with van der Waals surface area (Å²) in [5.74, 6) is -0.248. The van der Waals surface area contributed by atoms with Gasteiger partial charge in [0.1, 0.15) is 5.75 Å².